The SMILES string of the molecule is CC1CN(CCNCCc2cccs2)CCO1. The van der Waals surface area contributed by atoms with Gasteiger partial charge in [-0.2, -0.15) is 0 Å². The Morgan fingerprint density at radius 3 is 3.24 bits per heavy atom. The molecule has 4 heteroatoms. The van der Waals surface area contributed by atoms with Crippen molar-refractivity contribution in [2.24, 2.45) is 0 Å². The minimum atomic E-state index is 0.398. The average molecular weight is 254 g/mol. The zero-order valence-corrected chi connectivity index (χ0v) is 11.3. The maximum atomic E-state index is 5.52. The van der Waals surface area contributed by atoms with Gasteiger partial charge in [-0.05, 0) is 24.8 Å². The van der Waals surface area contributed by atoms with Crippen molar-refractivity contribution in [1.29, 1.82) is 0 Å². The van der Waals surface area contributed by atoms with Crippen molar-refractivity contribution in [3.8, 4) is 0 Å². The van der Waals surface area contributed by atoms with Gasteiger partial charge in [0.2, 0.25) is 0 Å². The lowest BCUT2D eigenvalue weighted by molar-refractivity contribution is -0.0176. The van der Waals surface area contributed by atoms with Crippen LogP contribution in [0.5, 0.6) is 0 Å². The van der Waals surface area contributed by atoms with E-state index in [4.69, 9.17) is 4.74 Å². The molecule has 0 saturated carbocycles. The van der Waals surface area contributed by atoms with Crippen molar-refractivity contribution in [2.45, 2.75) is 19.4 Å². The van der Waals surface area contributed by atoms with Crippen molar-refractivity contribution in [1.82, 2.24) is 10.2 Å². The Morgan fingerprint density at radius 1 is 1.53 bits per heavy atom. The van der Waals surface area contributed by atoms with E-state index < -0.39 is 0 Å². The van der Waals surface area contributed by atoms with Gasteiger partial charge in [0.1, 0.15) is 0 Å². The van der Waals surface area contributed by atoms with Gasteiger partial charge in [-0.15, -0.1) is 11.3 Å². The van der Waals surface area contributed by atoms with E-state index in [1.807, 2.05) is 11.3 Å². The molecular formula is C13H22N2OS. The van der Waals surface area contributed by atoms with E-state index in [1.165, 1.54) is 4.88 Å². The van der Waals surface area contributed by atoms with Crippen LogP contribution in [0, 0.1) is 0 Å². The van der Waals surface area contributed by atoms with E-state index in [-0.39, 0.29) is 0 Å². The molecule has 1 aliphatic rings. The predicted octanol–water partition coefficient (Wildman–Crippen LogP) is 1.60. The summed E-state index contributed by atoms with van der Waals surface area (Å²) in [6, 6.07) is 4.32. The van der Waals surface area contributed by atoms with Crippen molar-refractivity contribution < 1.29 is 4.74 Å². The molecular weight excluding hydrogens is 232 g/mol. The Balaban J connectivity index is 1.51. The van der Waals surface area contributed by atoms with Gasteiger partial charge in [0.15, 0.2) is 0 Å². The van der Waals surface area contributed by atoms with Crippen LogP contribution < -0.4 is 5.32 Å². The molecule has 1 aliphatic heterocycles. The van der Waals surface area contributed by atoms with Gasteiger partial charge in [0.25, 0.3) is 0 Å². The van der Waals surface area contributed by atoms with E-state index >= 15 is 0 Å². The Hall–Kier alpha value is -0.420. The molecule has 1 saturated heterocycles. The molecule has 0 aliphatic carbocycles. The maximum Gasteiger partial charge on any atom is 0.0674 e. The van der Waals surface area contributed by atoms with Gasteiger partial charge < -0.3 is 10.1 Å². The van der Waals surface area contributed by atoms with Gasteiger partial charge in [0.05, 0.1) is 12.7 Å². The summed E-state index contributed by atoms with van der Waals surface area (Å²) in [5.41, 5.74) is 0. The average Bonchev–Trinajstić information content (AvgIpc) is 2.82. The first-order valence-corrected chi connectivity index (χ1v) is 7.29. The minimum Gasteiger partial charge on any atom is -0.376 e. The Bertz CT molecular complexity index is 302. The molecule has 17 heavy (non-hydrogen) atoms. The molecule has 1 atom stereocenters. The normalized spacial score (nSPS) is 21.8. The van der Waals surface area contributed by atoms with Gasteiger partial charge in [-0.1, -0.05) is 6.07 Å². The highest BCUT2D eigenvalue weighted by molar-refractivity contribution is 7.09. The van der Waals surface area contributed by atoms with Crippen molar-refractivity contribution in [2.75, 3.05) is 39.3 Å². The number of ether oxygens (including phenoxy) is 1. The number of morpholine rings is 1. The van der Waals surface area contributed by atoms with Crippen LogP contribution in [0.2, 0.25) is 0 Å². The molecule has 3 nitrogen and oxygen atoms in total. The number of thiophene rings is 1. The smallest absolute Gasteiger partial charge is 0.0674 e. The van der Waals surface area contributed by atoms with E-state index in [2.05, 4.69) is 34.7 Å². The number of hydrogen-bond acceptors (Lipinski definition) is 4. The molecule has 1 aromatic heterocycles. The molecule has 2 rings (SSSR count). The van der Waals surface area contributed by atoms with Gasteiger partial charge in [-0.3, -0.25) is 4.90 Å². The summed E-state index contributed by atoms with van der Waals surface area (Å²) >= 11 is 1.84. The van der Waals surface area contributed by atoms with Crippen molar-refractivity contribution in [3.63, 3.8) is 0 Å². The van der Waals surface area contributed by atoms with E-state index in [0.717, 1.165) is 45.8 Å². The lowest BCUT2D eigenvalue weighted by Gasteiger charge is -2.31. The van der Waals surface area contributed by atoms with Gasteiger partial charge in [-0.25, -0.2) is 0 Å². The van der Waals surface area contributed by atoms with Crippen LogP contribution in [0.1, 0.15) is 11.8 Å². The summed E-state index contributed by atoms with van der Waals surface area (Å²) in [7, 11) is 0. The topological polar surface area (TPSA) is 24.5 Å². The highest BCUT2D eigenvalue weighted by atomic mass is 32.1. The summed E-state index contributed by atoms with van der Waals surface area (Å²) < 4.78 is 5.52. The van der Waals surface area contributed by atoms with Crippen molar-refractivity contribution >= 4 is 11.3 Å². The number of nitrogens with one attached hydrogen (secondary N) is 1. The number of rotatable bonds is 6. The quantitative estimate of drug-likeness (QED) is 0.781. The second kappa shape index (κ2) is 7.11. The number of hydrogen-bond donors (Lipinski definition) is 1. The maximum absolute atomic E-state index is 5.52. The third kappa shape index (κ3) is 4.76. The lowest BCUT2D eigenvalue weighted by atomic mass is 10.3. The third-order valence-electron chi connectivity index (χ3n) is 3.06. The molecule has 0 spiro atoms. The summed E-state index contributed by atoms with van der Waals surface area (Å²) in [6.45, 7) is 8.49. The summed E-state index contributed by atoms with van der Waals surface area (Å²) in [4.78, 5) is 3.95. The highest BCUT2D eigenvalue weighted by Gasteiger charge is 2.15. The predicted molar refractivity (Wildman–Crippen MR) is 72.7 cm³/mol. The van der Waals surface area contributed by atoms with Crippen LogP contribution in [0.4, 0.5) is 0 Å². The van der Waals surface area contributed by atoms with Gasteiger partial charge in [0, 0.05) is 37.6 Å². The molecule has 0 radical (unpaired) electrons. The first kappa shape index (κ1) is 13.0. The molecule has 1 fully saturated rings. The van der Waals surface area contributed by atoms with E-state index in [0.29, 0.717) is 6.10 Å². The molecule has 2 heterocycles. The molecule has 0 aromatic carbocycles. The molecule has 1 N–H and O–H groups in total. The molecule has 1 aromatic rings. The van der Waals surface area contributed by atoms with Crippen LogP contribution in [0.3, 0.4) is 0 Å². The van der Waals surface area contributed by atoms with Gasteiger partial charge >= 0.3 is 0 Å². The van der Waals surface area contributed by atoms with E-state index in [1.54, 1.807) is 0 Å². The minimum absolute atomic E-state index is 0.398. The summed E-state index contributed by atoms with van der Waals surface area (Å²) in [5, 5.41) is 5.65. The fraction of sp³-hybridized carbons (Fsp3) is 0.692. The Labute approximate surface area is 108 Å². The summed E-state index contributed by atoms with van der Waals surface area (Å²) in [5.74, 6) is 0. The number of nitrogens with zero attached hydrogens (tertiary/aromatic N) is 1. The zero-order valence-electron chi connectivity index (χ0n) is 10.5. The van der Waals surface area contributed by atoms with Crippen LogP contribution in [-0.2, 0) is 11.2 Å². The van der Waals surface area contributed by atoms with Crippen LogP contribution in [0.25, 0.3) is 0 Å². The van der Waals surface area contributed by atoms with Crippen LogP contribution in [-0.4, -0.2) is 50.3 Å². The monoisotopic (exact) mass is 254 g/mol. The van der Waals surface area contributed by atoms with Crippen LogP contribution >= 0.6 is 11.3 Å². The first-order valence-electron chi connectivity index (χ1n) is 6.41. The first-order chi connectivity index (χ1) is 8.34. The molecule has 96 valence electrons. The second-order valence-corrected chi connectivity index (χ2v) is 5.59. The zero-order chi connectivity index (χ0) is 11.9. The summed E-state index contributed by atoms with van der Waals surface area (Å²) in [6.07, 6.45) is 1.55. The third-order valence-corrected chi connectivity index (χ3v) is 3.99. The van der Waals surface area contributed by atoms with E-state index in [9.17, 15) is 0 Å². The molecule has 1 unspecified atom stereocenters. The molecule has 0 amide bonds. The Kier molecular flexibility index (Phi) is 5.45. The van der Waals surface area contributed by atoms with Crippen molar-refractivity contribution in [3.05, 3.63) is 22.4 Å². The standard InChI is InChI=1S/C13H22N2OS/c1-12-11-15(8-9-16-12)7-6-14-5-4-13-3-2-10-17-13/h2-3,10,12,14H,4-9,11H2,1H3. The van der Waals surface area contributed by atoms with Crippen LogP contribution in [0.15, 0.2) is 17.5 Å². The Morgan fingerprint density at radius 2 is 2.47 bits per heavy atom. The second-order valence-electron chi connectivity index (χ2n) is 4.56. The largest absolute Gasteiger partial charge is 0.376 e. The fourth-order valence-corrected chi connectivity index (χ4v) is 2.83. The fourth-order valence-electron chi connectivity index (χ4n) is 2.12. The molecule has 0 bridgehead atoms. The lowest BCUT2D eigenvalue weighted by Crippen LogP contribution is -2.44. The highest BCUT2D eigenvalue weighted by Crippen LogP contribution is 2.08.